The molecule has 0 spiro atoms. The topological polar surface area (TPSA) is 28.1 Å². The molecule has 0 N–H and O–H groups in total. The molecule has 57 heavy (non-hydrogen) atoms. The Kier molecular flexibility index (Phi) is 7.67. The summed E-state index contributed by atoms with van der Waals surface area (Å²) in [6, 6.07) is 67.1. The van der Waals surface area contributed by atoms with Crippen LogP contribution in [-0.2, 0) is 0 Å². The minimum atomic E-state index is 0.0888. The number of hydrogen-bond donors (Lipinski definition) is 0. The van der Waals surface area contributed by atoms with E-state index in [1.807, 2.05) is 36.4 Å². The number of para-hydroxylation sites is 1. The van der Waals surface area contributed by atoms with Gasteiger partial charge in [0.1, 0.15) is 0 Å². The second-order valence-electron chi connectivity index (χ2n) is 14.5. The van der Waals surface area contributed by atoms with E-state index in [1.165, 1.54) is 63.1 Å². The molecule has 0 aliphatic carbocycles. The number of nitriles is 1. The van der Waals surface area contributed by atoms with E-state index < -0.39 is 0 Å². The quantitative estimate of drug-likeness (QED) is 0.0992. The molecular weight excluding hydrogens is 756 g/mol. The SMILES string of the molecule is [C-]#[N+]c1ccccc1-c1c2ccccc2c(-c2ccc3[se]c4c(-c5c6ccccc6c(-c6ccccc6C#N)c6ccccc56)cccc4c3c2)c2ccccc12. The molecule has 0 unspecified atom stereocenters. The van der Waals surface area contributed by atoms with E-state index in [-0.39, 0.29) is 14.5 Å². The van der Waals surface area contributed by atoms with Crippen molar-refractivity contribution in [3.63, 3.8) is 0 Å². The molecule has 11 rings (SSSR count). The van der Waals surface area contributed by atoms with Crippen LogP contribution in [0.3, 0.4) is 0 Å². The molecule has 3 heteroatoms. The van der Waals surface area contributed by atoms with Gasteiger partial charge in [-0.1, -0.05) is 0 Å². The molecule has 0 bridgehead atoms. The van der Waals surface area contributed by atoms with Crippen LogP contribution in [0.2, 0.25) is 0 Å². The Labute approximate surface area is 335 Å². The fourth-order valence-corrected chi connectivity index (χ4v) is 11.7. The van der Waals surface area contributed by atoms with Crippen molar-refractivity contribution in [3.05, 3.63) is 199 Å². The van der Waals surface area contributed by atoms with E-state index in [4.69, 9.17) is 6.57 Å². The standard InChI is InChI=1S/C54H30N2Se/c1-56-48-28-13-12-25-45(48)52-38-19-6-4-17-36(38)50(37-18-5-7-20-39(37)52)33-29-30-49-47(31-33)44-26-14-27-46(54(44)57-49)53-42-23-10-8-21-40(42)51(41-22-9-11-24-43(41)53)35-16-3-2-15-34(35)32-55/h2-31H. The second kappa shape index (κ2) is 13.2. The second-order valence-corrected chi connectivity index (χ2v) is 16.7. The fourth-order valence-electron chi connectivity index (χ4n) is 9.17. The number of hydrogen-bond acceptors (Lipinski definition) is 1. The van der Waals surface area contributed by atoms with Crippen molar-refractivity contribution in [3.8, 4) is 50.6 Å². The van der Waals surface area contributed by atoms with Crippen LogP contribution in [0.4, 0.5) is 5.69 Å². The third-order valence-corrected chi connectivity index (χ3v) is 14.1. The van der Waals surface area contributed by atoms with E-state index >= 15 is 0 Å². The van der Waals surface area contributed by atoms with Gasteiger partial charge in [0.05, 0.1) is 0 Å². The monoisotopic (exact) mass is 786 g/mol. The summed E-state index contributed by atoms with van der Waals surface area (Å²) in [6.07, 6.45) is 0. The zero-order chi connectivity index (χ0) is 38.0. The molecule has 0 aliphatic heterocycles. The molecule has 0 radical (unpaired) electrons. The molecule has 0 amide bonds. The van der Waals surface area contributed by atoms with Gasteiger partial charge >= 0.3 is 331 Å². The molecule has 0 atom stereocenters. The van der Waals surface area contributed by atoms with Gasteiger partial charge in [0.2, 0.25) is 0 Å². The van der Waals surface area contributed by atoms with Crippen molar-refractivity contribution in [1.82, 2.24) is 0 Å². The molecule has 262 valence electrons. The van der Waals surface area contributed by atoms with Crippen molar-refractivity contribution in [1.29, 1.82) is 5.26 Å². The predicted molar refractivity (Wildman–Crippen MR) is 241 cm³/mol. The first kappa shape index (κ1) is 33.1. The summed E-state index contributed by atoms with van der Waals surface area (Å²) in [5.74, 6) is 0. The Balaban J connectivity index is 1.18. The van der Waals surface area contributed by atoms with Crippen LogP contribution in [0.25, 0.3) is 112 Å². The Bertz CT molecular complexity index is 3440. The van der Waals surface area contributed by atoms with E-state index in [0.717, 1.165) is 43.8 Å². The van der Waals surface area contributed by atoms with Gasteiger partial charge in [-0.2, -0.15) is 0 Å². The summed E-state index contributed by atoms with van der Waals surface area (Å²) in [7, 11) is 0. The molecule has 0 aliphatic rings. The maximum absolute atomic E-state index is 10.2. The Morgan fingerprint density at radius 1 is 0.404 bits per heavy atom. The van der Waals surface area contributed by atoms with Gasteiger partial charge in [0.25, 0.3) is 0 Å². The van der Waals surface area contributed by atoms with Gasteiger partial charge in [0.15, 0.2) is 0 Å². The van der Waals surface area contributed by atoms with Crippen LogP contribution in [0.1, 0.15) is 5.56 Å². The normalized spacial score (nSPS) is 11.5. The van der Waals surface area contributed by atoms with E-state index in [0.29, 0.717) is 11.3 Å². The van der Waals surface area contributed by atoms with Gasteiger partial charge in [-0.3, -0.25) is 0 Å². The van der Waals surface area contributed by atoms with Crippen molar-refractivity contribution < 1.29 is 0 Å². The maximum atomic E-state index is 10.2. The van der Waals surface area contributed by atoms with Crippen LogP contribution in [0, 0.1) is 17.9 Å². The summed E-state index contributed by atoms with van der Waals surface area (Å²) < 4.78 is 2.79. The third-order valence-electron chi connectivity index (χ3n) is 11.5. The molecule has 2 nitrogen and oxygen atoms in total. The summed E-state index contributed by atoms with van der Waals surface area (Å²) in [5, 5.41) is 22.1. The molecule has 0 saturated carbocycles. The number of rotatable bonds is 4. The van der Waals surface area contributed by atoms with Crippen LogP contribution in [0.15, 0.2) is 182 Å². The van der Waals surface area contributed by atoms with Gasteiger partial charge in [-0.05, 0) is 0 Å². The van der Waals surface area contributed by atoms with Crippen molar-refractivity contribution in [2.75, 3.05) is 0 Å². The molecule has 11 aromatic rings. The zero-order valence-electron chi connectivity index (χ0n) is 30.6. The Morgan fingerprint density at radius 3 is 1.40 bits per heavy atom. The average Bonchev–Trinajstić information content (AvgIpc) is 3.66. The fraction of sp³-hybridized carbons (Fsp3) is 0. The molecule has 0 fully saturated rings. The molecule has 10 aromatic carbocycles. The van der Waals surface area contributed by atoms with Crippen molar-refractivity contribution in [2.45, 2.75) is 0 Å². The number of nitrogens with zero attached hydrogens (tertiary/aromatic N) is 2. The average molecular weight is 786 g/mol. The minimum absolute atomic E-state index is 0.0888. The molecular formula is C54H30N2Se. The van der Waals surface area contributed by atoms with E-state index in [2.05, 4.69) is 157 Å². The van der Waals surface area contributed by atoms with Gasteiger partial charge < -0.3 is 6.57 Å². The van der Waals surface area contributed by atoms with E-state index in [9.17, 15) is 5.26 Å². The summed E-state index contributed by atoms with van der Waals surface area (Å²) >= 11 is 0.0888. The van der Waals surface area contributed by atoms with E-state index in [1.54, 1.807) is 0 Å². The van der Waals surface area contributed by atoms with Crippen LogP contribution in [-0.4, -0.2) is 14.5 Å². The molecule has 1 aromatic heterocycles. The van der Waals surface area contributed by atoms with Crippen molar-refractivity contribution in [2.24, 2.45) is 0 Å². The summed E-state index contributed by atoms with van der Waals surface area (Å²) in [4.78, 5) is 3.93. The zero-order valence-corrected chi connectivity index (χ0v) is 32.3. The summed E-state index contributed by atoms with van der Waals surface area (Å²) in [6.45, 7) is 7.98. The number of benzene rings is 10. The van der Waals surface area contributed by atoms with Crippen molar-refractivity contribution >= 4 is 82.6 Å². The first-order valence-electron chi connectivity index (χ1n) is 19.0. The number of fused-ring (bicyclic) bond motifs is 7. The van der Waals surface area contributed by atoms with Crippen LogP contribution >= 0.6 is 0 Å². The predicted octanol–water partition coefficient (Wildman–Crippen LogP) is 14.8. The van der Waals surface area contributed by atoms with Crippen LogP contribution in [0.5, 0.6) is 0 Å². The molecule has 1 heterocycles. The van der Waals surface area contributed by atoms with Crippen LogP contribution < -0.4 is 0 Å². The first-order chi connectivity index (χ1) is 28.2. The first-order valence-corrected chi connectivity index (χ1v) is 20.7. The summed E-state index contributed by atoms with van der Waals surface area (Å²) in [5.41, 5.74) is 10.4. The Morgan fingerprint density at radius 2 is 0.842 bits per heavy atom. The van der Waals surface area contributed by atoms with Gasteiger partial charge in [0, 0.05) is 0 Å². The third kappa shape index (κ3) is 5.01. The van der Waals surface area contributed by atoms with Gasteiger partial charge in [-0.25, -0.2) is 0 Å². The van der Waals surface area contributed by atoms with Gasteiger partial charge in [-0.15, -0.1) is 0 Å². The molecule has 0 saturated heterocycles. The Hall–Kier alpha value is -7.26.